The number of hydrogen-bond donors (Lipinski definition) is 3. The van der Waals surface area contributed by atoms with Crippen molar-refractivity contribution in [2.24, 2.45) is 0 Å². The van der Waals surface area contributed by atoms with Crippen molar-refractivity contribution in [3.63, 3.8) is 0 Å². The number of aromatic nitrogens is 6. The molecule has 186 valence electrons. The molecule has 0 spiro atoms. The van der Waals surface area contributed by atoms with E-state index in [4.69, 9.17) is 11.6 Å². The maximum absolute atomic E-state index is 15.2. The second-order valence-electron chi connectivity index (χ2n) is 9.07. The fourth-order valence-electron chi connectivity index (χ4n) is 4.54. The third-order valence-electron chi connectivity index (χ3n) is 6.38. The van der Waals surface area contributed by atoms with Crippen LogP contribution in [0.1, 0.15) is 41.1 Å². The van der Waals surface area contributed by atoms with Crippen LogP contribution in [-0.2, 0) is 6.54 Å². The Morgan fingerprint density at radius 2 is 1.94 bits per heavy atom. The minimum Gasteiger partial charge on any atom is -0.322 e. The topological polar surface area (TPSA) is 108 Å². The molecule has 0 unspecified atom stereocenters. The van der Waals surface area contributed by atoms with Crippen molar-refractivity contribution in [2.75, 3.05) is 23.7 Å². The molecule has 0 saturated carbocycles. The van der Waals surface area contributed by atoms with Crippen LogP contribution in [0.25, 0.3) is 0 Å². The number of aryl methyl sites for hydroxylation is 2. The first kappa shape index (κ1) is 24.1. The van der Waals surface area contributed by atoms with Gasteiger partial charge < -0.3 is 10.6 Å². The Labute approximate surface area is 213 Å². The summed E-state index contributed by atoms with van der Waals surface area (Å²) in [6, 6.07) is 7.29. The quantitative estimate of drug-likeness (QED) is 0.310. The summed E-state index contributed by atoms with van der Waals surface area (Å²) in [5, 5.41) is 21.1. The predicted octanol–water partition coefficient (Wildman–Crippen LogP) is 5.27. The summed E-state index contributed by atoms with van der Waals surface area (Å²) in [6.07, 6.45) is 6.95. The Balaban J connectivity index is 1.25. The van der Waals surface area contributed by atoms with Crippen LogP contribution < -0.4 is 10.6 Å². The van der Waals surface area contributed by atoms with Crippen molar-refractivity contribution < 1.29 is 4.39 Å². The zero-order valence-corrected chi connectivity index (χ0v) is 20.8. The second-order valence-corrected chi connectivity index (χ2v) is 9.47. The van der Waals surface area contributed by atoms with E-state index in [1.165, 1.54) is 6.20 Å². The van der Waals surface area contributed by atoms with E-state index in [2.05, 4.69) is 45.9 Å². The number of hydrogen-bond acceptors (Lipinski definition) is 8. The van der Waals surface area contributed by atoms with Gasteiger partial charge in [-0.05, 0) is 80.6 Å². The third-order valence-corrected chi connectivity index (χ3v) is 6.65. The molecule has 1 aliphatic heterocycles. The minimum absolute atomic E-state index is 0.235. The Bertz CT molecular complexity index is 1340. The summed E-state index contributed by atoms with van der Waals surface area (Å²) in [4.78, 5) is 11.0. The van der Waals surface area contributed by atoms with Crippen molar-refractivity contribution in [2.45, 2.75) is 39.2 Å². The van der Waals surface area contributed by atoms with Gasteiger partial charge in [0.05, 0.1) is 18.1 Å². The van der Waals surface area contributed by atoms with Crippen LogP contribution in [0.5, 0.6) is 0 Å². The highest BCUT2D eigenvalue weighted by atomic mass is 35.5. The maximum atomic E-state index is 15.2. The Morgan fingerprint density at radius 3 is 2.67 bits per heavy atom. The van der Waals surface area contributed by atoms with Crippen LogP contribution in [0.4, 0.5) is 27.7 Å². The van der Waals surface area contributed by atoms with Crippen molar-refractivity contribution >= 4 is 34.9 Å². The van der Waals surface area contributed by atoms with E-state index < -0.39 is 0 Å². The molecule has 0 amide bonds. The Morgan fingerprint density at radius 1 is 1.11 bits per heavy atom. The highest BCUT2D eigenvalue weighted by Crippen LogP contribution is 2.34. The summed E-state index contributed by atoms with van der Waals surface area (Å²) in [5.41, 5.74) is 4.47. The number of piperidine rings is 1. The summed E-state index contributed by atoms with van der Waals surface area (Å²) < 4.78 is 15.2. The van der Waals surface area contributed by atoms with Gasteiger partial charge in [-0.15, -0.1) is 0 Å². The monoisotopic (exact) mass is 507 g/mol. The van der Waals surface area contributed by atoms with Crippen molar-refractivity contribution in [1.29, 1.82) is 0 Å². The SMILES string of the molecule is Cc1cc(Nc2nc(Nc3cc(C)c(C4CCN(Cc5ccnnc5)CC4)cc3F)ncc2Cl)n[nH]1. The predicted molar refractivity (Wildman–Crippen MR) is 137 cm³/mol. The average Bonchev–Trinajstić information content (AvgIpc) is 3.29. The van der Waals surface area contributed by atoms with Gasteiger partial charge >= 0.3 is 0 Å². The summed E-state index contributed by atoms with van der Waals surface area (Å²) in [5.74, 6) is 1.17. The summed E-state index contributed by atoms with van der Waals surface area (Å²) in [6.45, 7) is 6.68. The van der Waals surface area contributed by atoms with Gasteiger partial charge in [-0.1, -0.05) is 11.6 Å². The fourth-order valence-corrected chi connectivity index (χ4v) is 4.68. The summed E-state index contributed by atoms with van der Waals surface area (Å²) in [7, 11) is 0. The molecule has 1 saturated heterocycles. The van der Waals surface area contributed by atoms with E-state index in [9.17, 15) is 0 Å². The van der Waals surface area contributed by atoms with Crippen molar-refractivity contribution in [3.05, 3.63) is 76.1 Å². The van der Waals surface area contributed by atoms with Crippen molar-refractivity contribution in [3.8, 4) is 0 Å². The van der Waals surface area contributed by atoms with Crippen LogP contribution in [0.15, 0.2) is 42.9 Å². The molecule has 1 aliphatic rings. The first-order valence-corrected chi connectivity index (χ1v) is 12.2. The van der Waals surface area contributed by atoms with E-state index in [-0.39, 0.29) is 11.8 Å². The highest BCUT2D eigenvalue weighted by molar-refractivity contribution is 6.32. The lowest BCUT2D eigenvalue weighted by atomic mass is 9.86. The van der Waals surface area contributed by atoms with Gasteiger partial charge in [-0.25, -0.2) is 9.37 Å². The molecule has 0 aliphatic carbocycles. The molecule has 1 fully saturated rings. The van der Waals surface area contributed by atoms with E-state index in [0.717, 1.165) is 54.9 Å². The van der Waals surface area contributed by atoms with Crippen LogP contribution in [-0.4, -0.2) is 48.4 Å². The van der Waals surface area contributed by atoms with Gasteiger partial charge in [0.15, 0.2) is 11.6 Å². The van der Waals surface area contributed by atoms with Gasteiger partial charge in [0.25, 0.3) is 0 Å². The molecule has 0 bridgehead atoms. The molecule has 0 radical (unpaired) electrons. The van der Waals surface area contributed by atoms with Gasteiger partial charge in [0, 0.05) is 24.5 Å². The number of nitrogens with one attached hydrogen (secondary N) is 3. The van der Waals surface area contributed by atoms with Crippen molar-refractivity contribution in [1.82, 2.24) is 35.3 Å². The van der Waals surface area contributed by atoms with Gasteiger partial charge in [0.1, 0.15) is 10.8 Å². The molecule has 3 aromatic heterocycles. The largest absolute Gasteiger partial charge is 0.322 e. The number of rotatable bonds is 7. The molecule has 9 nitrogen and oxygen atoms in total. The lowest BCUT2D eigenvalue weighted by Gasteiger charge is -2.33. The van der Waals surface area contributed by atoms with Gasteiger partial charge in [0.2, 0.25) is 5.95 Å². The fraction of sp³-hybridized carbons (Fsp3) is 0.320. The van der Waals surface area contributed by atoms with E-state index in [0.29, 0.717) is 28.3 Å². The highest BCUT2D eigenvalue weighted by Gasteiger charge is 2.23. The molecular formula is C25H27ClFN9. The lowest BCUT2D eigenvalue weighted by molar-refractivity contribution is 0.204. The van der Waals surface area contributed by atoms with Gasteiger partial charge in [-0.3, -0.25) is 10.00 Å². The zero-order chi connectivity index (χ0) is 25.1. The maximum Gasteiger partial charge on any atom is 0.229 e. The lowest BCUT2D eigenvalue weighted by Crippen LogP contribution is -2.32. The molecular weight excluding hydrogens is 481 g/mol. The number of aromatic amines is 1. The van der Waals surface area contributed by atoms with Gasteiger partial charge in [-0.2, -0.15) is 20.3 Å². The standard InChI is InChI=1S/C25H27ClFN9/c1-15-9-22(31-25-28-13-20(26)24(33-25)32-23-10-16(2)34-35-23)21(27)11-19(15)18-4-7-36(8-5-18)14-17-3-6-29-30-12-17/h3,6,9-13,18H,4-5,7-8,14H2,1-2H3,(H3,28,31,32,33,34,35). The molecule has 11 heteroatoms. The normalized spacial score (nSPS) is 14.7. The Hall–Kier alpha value is -3.63. The van der Waals surface area contributed by atoms with Crippen LogP contribution in [0, 0.1) is 19.7 Å². The molecule has 1 aromatic carbocycles. The Kier molecular flexibility index (Phi) is 7.06. The second kappa shape index (κ2) is 10.5. The number of likely N-dealkylation sites (tertiary alicyclic amines) is 1. The average molecular weight is 508 g/mol. The summed E-state index contributed by atoms with van der Waals surface area (Å²) >= 11 is 6.24. The van der Waals surface area contributed by atoms with Crippen LogP contribution >= 0.6 is 11.6 Å². The molecule has 5 rings (SSSR count). The number of benzene rings is 1. The van der Waals surface area contributed by atoms with E-state index >= 15 is 4.39 Å². The smallest absolute Gasteiger partial charge is 0.229 e. The molecule has 0 atom stereocenters. The third kappa shape index (κ3) is 5.60. The van der Waals surface area contributed by atoms with E-state index in [1.54, 1.807) is 18.5 Å². The number of nitrogens with zero attached hydrogens (tertiary/aromatic N) is 6. The van der Waals surface area contributed by atoms with E-state index in [1.807, 2.05) is 32.0 Å². The number of H-pyrrole nitrogens is 1. The molecule has 4 aromatic rings. The van der Waals surface area contributed by atoms with Crippen LogP contribution in [0.3, 0.4) is 0 Å². The number of anilines is 4. The first-order valence-electron chi connectivity index (χ1n) is 11.8. The molecule has 4 heterocycles. The molecule has 3 N–H and O–H groups in total. The first-order chi connectivity index (χ1) is 17.4. The number of halogens is 2. The van der Waals surface area contributed by atoms with Crippen LogP contribution in [0.2, 0.25) is 5.02 Å². The molecule has 36 heavy (non-hydrogen) atoms. The minimum atomic E-state index is -0.336. The zero-order valence-electron chi connectivity index (χ0n) is 20.1.